The smallest absolute Gasteiger partial charge is 0.133 e. The Kier molecular flexibility index (Phi) is 5.38. The SMILES string of the molecule is COc1ccc(Cl)cc1CCCSC#N. The van der Waals surface area contributed by atoms with Gasteiger partial charge in [0.05, 0.1) is 7.11 Å². The number of hydrogen-bond donors (Lipinski definition) is 0. The molecule has 0 aliphatic rings. The molecule has 0 saturated carbocycles. The van der Waals surface area contributed by atoms with Crippen LogP contribution in [0.15, 0.2) is 18.2 Å². The highest BCUT2D eigenvalue weighted by Gasteiger charge is 2.03. The van der Waals surface area contributed by atoms with Gasteiger partial charge in [-0.3, -0.25) is 0 Å². The molecule has 0 bridgehead atoms. The van der Waals surface area contributed by atoms with Gasteiger partial charge in [0, 0.05) is 10.8 Å². The monoisotopic (exact) mass is 241 g/mol. The van der Waals surface area contributed by atoms with E-state index in [0.717, 1.165) is 34.9 Å². The summed E-state index contributed by atoms with van der Waals surface area (Å²) in [4.78, 5) is 0. The minimum absolute atomic E-state index is 0.721. The van der Waals surface area contributed by atoms with Gasteiger partial charge in [0.25, 0.3) is 0 Å². The van der Waals surface area contributed by atoms with Gasteiger partial charge in [0.2, 0.25) is 0 Å². The molecule has 1 aromatic carbocycles. The van der Waals surface area contributed by atoms with Crippen molar-refractivity contribution in [2.45, 2.75) is 12.8 Å². The summed E-state index contributed by atoms with van der Waals surface area (Å²) in [6.45, 7) is 0. The average Bonchev–Trinajstić information content (AvgIpc) is 2.25. The molecule has 1 rings (SSSR count). The van der Waals surface area contributed by atoms with Crippen molar-refractivity contribution in [2.75, 3.05) is 12.9 Å². The van der Waals surface area contributed by atoms with E-state index in [2.05, 4.69) is 5.40 Å². The summed E-state index contributed by atoms with van der Waals surface area (Å²) >= 11 is 7.18. The molecule has 0 saturated heterocycles. The minimum Gasteiger partial charge on any atom is -0.496 e. The molecule has 0 N–H and O–H groups in total. The molecular formula is C11H12ClNOS. The number of nitrogens with zero attached hydrogens (tertiary/aromatic N) is 1. The second kappa shape index (κ2) is 6.60. The van der Waals surface area contributed by atoms with Crippen LogP contribution in [0.5, 0.6) is 5.75 Å². The summed E-state index contributed by atoms with van der Waals surface area (Å²) in [5.74, 6) is 1.70. The average molecular weight is 242 g/mol. The normalized spacial score (nSPS) is 9.67. The zero-order valence-corrected chi connectivity index (χ0v) is 10.1. The molecule has 0 radical (unpaired) electrons. The van der Waals surface area contributed by atoms with E-state index in [1.54, 1.807) is 7.11 Å². The van der Waals surface area contributed by atoms with Crippen molar-refractivity contribution in [2.24, 2.45) is 0 Å². The van der Waals surface area contributed by atoms with Gasteiger partial charge in [0.15, 0.2) is 0 Å². The maximum Gasteiger partial charge on any atom is 0.133 e. The van der Waals surface area contributed by atoms with Crippen molar-refractivity contribution in [3.63, 3.8) is 0 Å². The van der Waals surface area contributed by atoms with Crippen LogP contribution in [0.2, 0.25) is 5.02 Å². The molecule has 0 fully saturated rings. The summed E-state index contributed by atoms with van der Waals surface area (Å²) in [7, 11) is 1.65. The second-order valence-electron chi connectivity index (χ2n) is 3.00. The van der Waals surface area contributed by atoms with E-state index in [0.29, 0.717) is 0 Å². The molecule has 15 heavy (non-hydrogen) atoms. The quantitative estimate of drug-likeness (QED) is 0.584. The molecule has 0 spiro atoms. The van der Waals surface area contributed by atoms with Crippen LogP contribution in [0.1, 0.15) is 12.0 Å². The van der Waals surface area contributed by atoms with E-state index in [4.69, 9.17) is 21.6 Å². The van der Waals surface area contributed by atoms with Crippen LogP contribution >= 0.6 is 23.4 Å². The molecule has 0 aromatic heterocycles. The van der Waals surface area contributed by atoms with Gasteiger partial charge in [-0.2, -0.15) is 5.26 Å². The number of rotatable bonds is 5. The predicted octanol–water partition coefficient (Wildman–Crippen LogP) is 3.50. The molecule has 0 aliphatic heterocycles. The van der Waals surface area contributed by atoms with Crippen molar-refractivity contribution in [1.29, 1.82) is 5.26 Å². The number of halogens is 1. The summed E-state index contributed by atoms with van der Waals surface area (Å²) in [6, 6.07) is 5.60. The molecule has 0 amide bonds. The fraction of sp³-hybridized carbons (Fsp3) is 0.364. The van der Waals surface area contributed by atoms with Gasteiger partial charge in [-0.25, -0.2) is 0 Å². The van der Waals surface area contributed by atoms with Crippen LogP contribution in [0, 0.1) is 10.7 Å². The molecule has 0 aliphatic carbocycles. The highest BCUT2D eigenvalue weighted by Crippen LogP contribution is 2.24. The van der Waals surface area contributed by atoms with Gasteiger partial charge >= 0.3 is 0 Å². The largest absolute Gasteiger partial charge is 0.496 e. The van der Waals surface area contributed by atoms with E-state index in [-0.39, 0.29) is 0 Å². The fourth-order valence-corrected chi connectivity index (χ4v) is 1.90. The van der Waals surface area contributed by atoms with Crippen molar-refractivity contribution in [3.05, 3.63) is 28.8 Å². The predicted molar refractivity (Wildman–Crippen MR) is 64.4 cm³/mol. The number of hydrogen-bond acceptors (Lipinski definition) is 3. The molecule has 1 aromatic rings. The van der Waals surface area contributed by atoms with E-state index < -0.39 is 0 Å². The van der Waals surface area contributed by atoms with Crippen molar-refractivity contribution in [3.8, 4) is 11.2 Å². The number of ether oxygens (including phenoxy) is 1. The van der Waals surface area contributed by atoms with E-state index >= 15 is 0 Å². The number of benzene rings is 1. The van der Waals surface area contributed by atoms with Gasteiger partial charge in [0.1, 0.15) is 11.2 Å². The van der Waals surface area contributed by atoms with Crippen molar-refractivity contribution < 1.29 is 4.74 Å². The van der Waals surface area contributed by atoms with Gasteiger partial charge in [-0.05, 0) is 48.4 Å². The lowest BCUT2D eigenvalue weighted by molar-refractivity contribution is 0.409. The molecule has 0 unspecified atom stereocenters. The van der Waals surface area contributed by atoms with Gasteiger partial charge < -0.3 is 4.74 Å². The van der Waals surface area contributed by atoms with Gasteiger partial charge in [-0.15, -0.1) is 0 Å². The standard InChI is InChI=1S/C11H12ClNOS/c1-14-11-5-4-10(12)7-9(11)3-2-6-15-8-13/h4-5,7H,2-3,6H2,1H3. The van der Waals surface area contributed by atoms with Crippen LogP contribution in [-0.4, -0.2) is 12.9 Å². The Morgan fingerprint density at radius 3 is 3.00 bits per heavy atom. The Morgan fingerprint density at radius 1 is 1.53 bits per heavy atom. The lowest BCUT2D eigenvalue weighted by Gasteiger charge is -2.07. The Morgan fingerprint density at radius 2 is 2.33 bits per heavy atom. The summed E-state index contributed by atoms with van der Waals surface area (Å²) in [5.41, 5.74) is 1.10. The summed E-state index contributed by atoms with van der Waals surface area (Å²) in [5, 5.41) is 11.1. The second-order valence-corrected chi connectivity index (χ2v) is 4.32. The maximum absolute atomic E-state index is 8.38. The number of thiocyanates is 1. The third-order valence-corrected chi connectivity index (χ3v) is 2.86. The lowest BCUT2D eigenvalue weighted by atomic mass is 10.1. The Hall–Kier alpha value is -0.850. The first-order valence-electron chi connectivity index (χ1n) is 4.61. The van der Waals surface area contributed by atoms with Crippen molar-refractivity contribution in [1.82, 2.24) is 0 Å². The van der Waals surface area contributed by atoms with Crippen LogP contribution in [-0.2, 0) is 6.42 Å². The molecule has 2 nitrogen and oxygen atoms in total. The fourth-order valence-electron chi connectivity index (χ4n) is 1.32. The Balaban J connectivity index is 2.58. The zero-order chi connectivity index (χ0) is 11.1. The van der Waals surface area contributed by atoms with Crippen LogP contribution < -0.4 is 4.74 Å². The molecule has 4 heteroatoms. The first kappa shape index (κ1) is 12.2. The van der Waals surface area contributed by atoms with Crippen molar-refractivity contribution >= 4 is 23.4 Å². The number of methoxy groups -OCH3 is 1. The Bertz CT molecular complexity index is 362. The number of thioether (sulfide) groups is 1. The first-order chi connectivity index (χ1) is 7.27. The van der Waals surface area contributed by atoms with E-state index in [9.17, 15) is 0 Å². The molecular weight excluding hydrogens is 230 g/mol. The highest BCUT2D eigenvalue weighted by molar-refractivity contribution is 8.03. The molecule has 0 heterocycles. The number of nitriles is 1. The van der Waals surface area contributed by atoms with Crippen LogP contribution in [0.4, 0.5) is 0 Å². The number of aryl methyl sites for hydroxylation is 1. The van der Waals surface area contributed by atoms with Gasteiger partial charge in [-0.1, -0.05) is 11.6 Å². The third-order valence-electron chi connectivity index (χ3n) is 2.00. The lowest BCUT2D eigenvalue weighted by Crippen LogP contribution is -1.93. The highest BCUT2D eigenvalue weighted by atomic mass is 35.5. The summed E-state index contributed by atoms with van der Waals surface area (Å²) < 4.78 is 5.23. The first-order valence-corrected chi connectivity index (χ1v) is 5.97. The van der Waals surface area contributed by atoms with E-state index in [1.165, 1.54) is 11.8 Å². The van der Waals surface area contributed by atoms with Crippen LogP contribution in [0.25, 0.3) is 0 Å². The molecule has 80 valence electrons. The third kappa shape index (κ3) is 4.03. The topological polar surface area (TPSA) is 33.0 Å². The van der Waals surface area contributed by atoms with E-state index in [1.807, 2.05) is 18.2 Å². The minimum atomic E-state index is 0.721. The van der Waals surface area contributed by atoms with Crippen LogP contribution in [0.3, 0.4) is 0 Å². The Labute approximate surface area is 99.2 Å². The summed E-state index contributed by atoms with van der Waals surface area (Å²) in [6.07, 6.45) is 1.84. The maximum atomic E-state index is 8.38. The zero-order valence-electron chi connectivity index (χ0n) is 8.50. The molecule has 0 atom stereocenters.